The number of aliphatic carboxylic acids is 1. The van der Waals surface area contributed by atoms with Gasteiger partial charge in [-0.05, 0) is 43.5 Å². The van der Waals surface area contributed by atoms with E-state index in [0.29, 0.717) is 13.1 Å². The van der Waals surface area contributed by atoms with Gasteiger partial charge in [-0.15, -0.1) is 0 Å². The molecule has 0 saturated carbocycles. The normalized spacial score (nSPS) is 17.1. The zero-order valence-corrected chi connectivity index (χ0v) is 11.0. The minimum atomic E-state index is -0.821. The standard InChI is InChI=1S/C14H19NO3/c1-9-4-10(2)11(3)12(5-9)18-14(6-13(16)17)7-15-8-14/h4-5,15H,6-8H2,1-3H3,(H,16,17). The van der Waals surface area contributed by atoms with Gasteiger partial charge < -0.3 is 15.2 Å². The average molecular weight is 249 g/mol. The summed E-state index contributed by atoms with van der Waals surface area (Å²) in [6, 6.07) is 4.08. The summed E-state index contributed by atoms with van der Waals surface area (Å²) in [5.41, 5.74) is 2.79. The Bertz CT molecular complexity index is 478. The predicted molar refractivity (Wildman–Crippen MR) is 69.1 cm³/mol. The Morgan fingerprint density at radius 3 is 2.56 bits per heavy atom. The second-order valence-electron chi connectivity index (χ2n) is 5.16. The van der Waals surface area contributed by atoms with E-state index in [0.717, 1.165) is 16.9 Å². The molecular weight excluding hydrogens is 230 g/mol. The summed E-state index contributed by atoms with van der Waals surface area (Å²) in [6.07, 6.45) is 0.0342. The molecule has 0 radical (unpaired) electrons. The van der Waals surface area contributed by atoms with Crippen LogP contribution in [0.4, 0.5) is 0 Å². The molecular formula is C14H19NO3. The van der Waals surface area contributed by atoms with Crippen LogP contribution in [0.25, 0.3) is 0 Å². The fourth-order valence-electron chi connectivity index (χ4n) is 2.25. The zero-order chi connectivity index (χ0) is 13.3. The van der Waals surface area contributed by atoms with E-state index in [2.05, 4.69) is 11.4 Å². The highest BCUT2D eigenvalue weighted by Crippen LogP contribution is 2.30. The van der Waals surface area contributed by atoms with Gasteiger partial charge in [0, 0.05) is 13.1 Å². The lowest BCUT2D eigenvalue weighted by atomic mass is 9.92. The number of nitrogens with one attached hydrogen (secondary N) is 1. The Morgan fingerprint density at radius 2 is 2.06 bits per heavy atom. The van der Waals surface area contributed by atoms with E-state index in [1.54, 1.807) is 0 Å². The Kier molecular flexibility index (Phi) is 3.30. The number of benzene rings is 1. The molecule has 0 amide bonds. The van der Waals surface area contributed by atoms with Crippen LogP contribution < -0.4 is 10.1 Å². The van der Waals surface area contributed by atoms with Crippen molar-refractivity contribution in [2.24, 2.45) is 0 Å². The topological polar surface area (TPSA) is 58.6 Å². The Labute approximate surface area is 107 Å². The van der Waals surface area contributed by atoms with E-state index in [-0.39, 0.29) is 6.42 Å². The fourth-order valence-corrected chi connectivity index (χ4v) is 2.25. The molecule has 18 heavy (non-hydrogen) atoms. The third kappa shape index (κ3) is 2.48. The third-order valence-corrected chi connectivity index (χ3v) is 3.46. The quantitative estimate of drug-likeness (QED) is 0.854. The first-order valence-electron chi connectivity index (χ1n) is 6.11. The molecule has 1 aliphatic rings. The van der Waals surface area contributed by atoms with Gasteiger partial charge in [-0.3, -0.25) is 4.79 Å². The second-order valence-corrected chi connectivity index (χ2v) is 5.16. The van der Waals surface area contributed by atoms with Crippen LogP contribution >= 0.6 is 0 Å². The summed E-state index contributed by atoms with van der Waals surface area (Å²) in [6.45, 7) is 7.24. The van der Waals surface area contributed by atoms with E-state index in [4.69, 9.17) is 9.84 Å². The van der Waals surface area contributed by atoms with Gasteiger partial charge in [0.25, 0.3) is 0 Å². The highest BCUT2D eigenvalue weighted by atomic mass is 16.5. The van der Waals surface area contributed by atoms with Gasteiger partial charge in [0.2, 0.25) is 0 Å². The molecule has 1 aliphatic heterocycles. The van der Waals surface area contributed by atoms with Crippen LogP contribution in [0.1, 0.15) is 23.1 Å². The minimum Gasteiger partial charge on any atom is -0.484 e. The van der Waals surface area contributed by atoms with Crippen molar-refractivity contribution in [2.75, 3.05) is 13.1 Å². The summed E-state index contributed by atoms with van der Waals surface area (Å²) in [5.74, 6) is -0.0196. The monoisotopic (exact) mass is 249 g/mol. The van der Waals surface area contributed by atoms with Crippen LogP contribution in [-0.4, -0.2) is 29.8 Å². The van der Waals surface area contributed by atoms with E-state index in [1.165, 1.54) is 5.56 Å². The van der Waals surface area contributed by atoms with Crippen molar-refractivity contribution in [1.82, 2.24) is 5.32 Å². The molecule has 2 rings (SSSR count). The number of aryl methyl sites for hydroxylation is 2. The van der Waals surface area contributed by atoms with E-state index < -0.39 is 11.6 Å². The molecule has 0 bridgehead atoms. The SMILES string of the molecule is Cc1cc(C)c(C)c(OC2(CC(=O)O)CNC2)c1. The third-order valence-electron chi connectivity index (χ3n) is 3.46. The van der Waals surface area contributed by atoms with Crippen molar-refractivity contribution in [3.8, 4) is 5.75 Å². The van der Waals surface area contributed by atoms with Crippen LogP contribution in [0, 0.1) is 20.8 Å². The molecule has 98 valence electrons. The number of hydrogen-bond acceptors (Lipinski definition) is 3. The van der Waals surface area contributed by atoms with Crippen LogP contribution in [0.3, 0.4) is 0 Å². The molecule has 1 saturated heterocycles. The molecule has 2 N–H and O–H groups in total. The van der Waals surface area contributed by atoms with Crippen LogP contribution in [-0.2, 0) is 4.79 Å². The van der Waals surface area contributed by atoms with Crippen molar-refractivity contribution >= 4 is 5.97 Å². The van der Waals surface area contributed by atoms with Crippen molar-refractivity contribution in [3.05, 3.63) is 28.8 Å². The summed E-state index contributed by atoms with van der Waals surface area (Å²) in [4.78, 5) is 10.9. The van der Waals surface area contributed by atoms with Crippen LogP contribution in [0.5, 0.6) is 5.75 Å². The zero-order valence-electron chi connectivity index (χ0n) is 11.0. The Balaban J connectivity index is 2.25. The van der Waals surface area contributed by atoms with E-state index >= 15 is 0 Å². The molecule has 4 heteroatoms. The molecule has 0 spiro atoms. The molecule has 1 aromatic carbocycles. The van der Waals surface area contributed by atoms with Gasteiger partial charge >= 0.3 is 5.97 Å². The van der Waals surface area contributed by atoms with Gasteiger partial charge in [-0.1, -0.05) is 6.07 Å². The summed E-state index contributed by atoms with van der Waals surface area (Å²) < 4.78 is 6.00. The minimum absolute atomic E-state index is 0.0342. The van der Waals surface area contributed by atoms with Crippen LogP contribution in [0.2, 0.25) is 0 Å². The van der Waals surface area contributed by atoms with Crippen molar-refractivity contribution < 1.29 is 14.6 Å². The second kappa shape index (κ2) is 4.61. The van der Waals surface area contributed by atoms with Gasteiger partial charge in [-0.25, -0.2) is 0 Å². The largest absolute Gasteiger partial charge is 0.484 e. The first kappa shape index (κ1) is 12.9. The maximum Gasteiger partial charge on any atom is 0.307 e. The summed E-state index contributed by atoms with van der Waals surface area (Å²) in [7, 11) is 0. The van der Waals surface area contributed by atoms with Gasteiger partial charge in [0.15, 0.2) is 0 Å². The molecule has 1 heterocycles. The maximum atomic E-state index is 10.9. The fraction of sp³-hybridized carbons (Fsp3) is 0.500. The molecule has 1 aromatic rings. The average Bonchev–Trinajstić information content (AvgIpc) is 2.21. The summed E-state index contributed by atoms with van der Waals surface area (Å²) >= 11 is 0. The van der Waals surface area contributed by atoms with Gasteiger partial charge in [0.05, 0.1) is 6.42 Å². The highest BCUT2D eigenvalue weighted by molar-refractivity contribution is 5.68. The smallest absolute Gasteiger partial charge is 0.307 e. The highest BCUT2D eigenvalue weighted by Gasteiger charge is 2.41. The van der Waals surface area contributed by atoms with E-state index in [1.807, 2.05) is 26.8 Å². The number of ether oxygens (including phenoxy) is 1. The van der Waals surface area contributed by atoms with E-state index in [9.17, 15) is 4.79 Å². The lowest BCUT2D eigenvalue weighted by molar-refractivity contribution is -0.143. The first-order chi connectivity index (χ1) is 8.42. The lowest BCUT2D eigenvalue weighted by Gasteiger charge is -2.42. The number of carbonyl (C=O) groups is 1. The summed E-state index contributed by atoms with van der Waals surface area (Å²) in [5, 5.41) is 12.1. The van der Waals surface area contributed by atoms with Crippen LogP contribution in [0.15, 0.2) is 12.1 Å². The molecule has 0 unspecified atom stereocenters. The molecule has 4 nitrogen and oxygen atoms in total. The van der Waals surface area contributed by atoms with Crippen molar-refractivity contribution in [2.45, 2.75) is 32.8 Å². The number of carboxylic acid groups (broad SMARTS) is 1. The van der Waals surface area contributed by atoms with Crippen molar-refractivity contribution in [1.29, 1.82) is 0 Å². The number of hydrogen-bond donors (Lipinski definition) is 2. The lowest BCUT2D eigenvalue weighted by Crippen LogP contribution is -2.64. The number of rotatable bonds is 4. The molecule has 0 aromatic heterocycles. The Hall–Kier alpha value is -1.55. The molecule has 0 atom stereocenters. The van der Waals surface area contributed by atoms with Gasteiger partial charge in [0.1, 0.15) is 11.4 Å². The molecule has 1 fully saturated rings. The first-order valence-corrected chi connectivity index (χ1v) is 6.11. The Morgan fingerprint density at radius 1 is 1.39 bits per heavy atom. The van der Waals surface area contributed by atoms with Gasteiger partial charge in [-0.2, -0.15) is 0 Å². The van der Waals surface area contributed by atoms with Crippen molar-refractivity contribution in [3.63, 3.8) is 0 Å². The predicted octanol–water partition coefficient (Wildman–Crippen LogP) is 1.81. The molecule has 0 aliphatic carbocycles. The maximum absolute atomic E-state index is 10.9. The number of carboxylic acids is 1.